The highest BCUT2D eigenvalue weighted by molar-refractivity contribution is 5.79. The predicted octanol–water partition coefficient (Wildman–Crippen LogP) is 1.89. The van der Waals surface area contributed by atoms with Gasteiger partial charge in [-0.15, -0.1) is 5.10 Å². The van der Waals surface area contributed by atoms with E-state index in [1.54, 1.807) is 6.20 Å². The van der Waals surface area contributed by atoms with Crippen molar-refractivity contribution in [3.63, 3.8) is 0 Å². The second kappa shape index (κ2) is 7.17. The number of hydrogen-bond donors (Lipinski definition) is 1. The molecule has 130 valence electrons. The van der Waals surface area contributed by atoms with Gasteiger partial charge in [0.2, 0.25) is 5.91 Å². The third-order valence-corrected chi connectivity index (χ3v) is 5.09. The maximum atomic E-state index is 12.5. The number of anilines is 1. The number of carbonyl (C=O) groups is 1. The Bertz CT molecular complexity index is 749. The van der Waals surface area contributed by atoms with Crippen LogP contribution in [-0.2, 0) is 24.2 Å². The van der Waals surface area contributed by atoms with Gasteiger partial charge >= 0.3 is 0 Å². The molecule has 0 aromatic carbocycles. The first-order valence-electron chi connectivity index (χ1n) is 9.07. The summed E-state index contributed by atoms with van der Waals surface area (Å²) in [6.45, 7) is 2.13. The molecule has 0 bridgehead atoms. The molecule has 0 saturated carbocycles. The Morgan fingerprint density at radius 1 is 1.24 bits per heavy atom. The lowest BCUT2D eigenvalue weighted by molar-refractivity contribution is -0.125. The molecule has 4 rings (SSSR count). The molecule has 6 heteroatoms. The number of rotatable bonds is 4. The van der Waals surface area contributed by atoms with Gasteiger partial charge in [0, 0.05) is 19.3 Å². The minimum Gasteiger partial charge on any atom is -0.354 e. The van der Waals surface area contributed by atoms with Gasteiger partial charge in [0.1, 0.15) is 0 Å². The van der Waals surface area contributed by atoms with Gasteiger partial charge in [0.05, 0.1) is 23.9 Å². The van der Waals surface area contributed by atoms with Crippen molar-refractivity contribution in [3.05, 3.63) is 47.4 Å². The van der Waals surface area contributed by atoms with Crippen molar-refractivity contribution in [2.45, 2.75) is 38.6 Å². The van der Waals surface area contributed by atoms with E-state index in [4.69, 9.17) is 0 Å². The Morgan fingerprint density at radius 2 is 2.20 bits per heavy atom. The van der Waals surface area contributed by atoms with Crippen LogP contribution in [0, 0.1) is 5.92 Å². The van der Waals surface area contributed by atoms with Gasteiger partial charge in [-0.05, 0) is 55.9 Å². The Balaban J connectivity index is 1.38. The van der Waals surface area contributed by atoms with Crippen molar-refractivity contribution in [2.24, 2.45) is 5.92 Å². The van der Waals surface area contributed by atoms with E-state index in [1.807, 2.05) is 18.2 Å². The van der Waals surface area contributed by atoms with Crippen LogP contribution in [-0.4, -0.2) is 34.2 Å². The summed E-state index contributed by atoms with van der Waals surface area (Å²) >= 11 is 0. The first kappa shape index (κ1) is 16.0. The summed E-state index contributed by atoms with van der Waals surface area (Å²) < 4.78 is 0. The first-order chi connectivity index (χ1) is 12.3. The van der Waals surface area contributed by atoms with Gasteiger partial charge in [-0.3, -0.25) is 9.78 Å². The summed E-state index contributed by atoms with van der Waals surface area (Å²) in [7, 11) is 0. The number of amides is 1. The molecule has 1 fully saturated rings. The summed E-state index contributed by atoms with van der Waals surface area (Å²) in [6, 6.07) is 7.91. The number of carbonyl (C=O) groups excluding carboxylic acids is 1. The number of nitrogens with zero attached hydrogens (tertiary/aromatic N) is 4. The molecule has 25 heavy (non-hydrogen) atoms. The molecule has 1 saturated heterocycles. The van der Waals surface area contributed by atoms with E-state index in [0.717, 1.165) is 49.4 Å². The molecular formula is C19H23N5O. The molecule has 1 aliphatic heterocycles. The topological polar surface area (TPSA) is 71.0 Å². The molecular weight excluding hydrogens is 314 g/mol. The van der Waals surface area contributed by atoms with Gasteiger partial charge in [0.25, 0.3) is 0 Å². The molecule has 2 aromatic heterocycles. The molecule has 2 aromatic rings. The molecule has 2 aliphatic rings. The number of pyridine rings is 1. The van der Waals surface area contributed by atoms with E-state index in [2.05, 4.69) is 31.5 Å². The Morgan fingerprint density at radius 3 is 3.08 bits per heavy atom. The number of aryl methyl sites for hydroxylation is 2. The summed E-state index contributed by atoms with van der Waals surface area (Å²) in [5, 5.41) is 11.8. The zero-order valence-electron chi connectivity index (χ0n) is 14.3. The second-order valence-electron chi connectivity index (χ2n) is 6.85. The number of hydrogen-bond acceptors (Lipinski definition) is 5. The Labute approximate surface area is 147 Å². The Hall–Kier alpha value is -2.50. The Kier molecular flexibility index (Phi) is 4.59. The second-order valence-corrected chi connectivity index (χ2v) is 6.85. The van der Waals surface area contributed by atoms with Crippen molar-refractivity contribution in [1.29, 1.82) is 0 Å². The van der Waals surface area contributed by atoms with Crippen LogP contribution in [0.2, 0.25) is 0 Å². The minimum atomic E-state index is -0.00693. The number of fused-ring (bicyclic) bond motifs is 1. The predicted molar refractivity (Wildman–Crippen MR) is 95.1 cm³/mol. The molecule has 0 spiro atoms. The van der Waals surface area contributed by atoms with Crippen molar-refractivity contribution >= 4 is 11.7 Å². The van der Waals surface area contributed by atoms with Crippen LogP contribution >= 0.6 is 0 Å². The van der Waals surface area contributed by atoms with Gasteiger partial charge in [-0.2, -0.15) is 5.10 Å². The van der Waals surface area contributed by atoms with Crippen LogP contribution in [0.3, 0.4) is 0 Å². The normalized spacial score (nSPS) is 19.5. The van der Waals surface area contributed by atoms with Crippen molar-refractivity contribution in [1.82, 2.24) is 20.5 Å². The fourth-order valence-electron chi connectivity index (χ4n) is 3.70. The van der Waals surface area contributed by atoms with Crippen LogP contribution in [0.4, 0.5) is 5.82 Å². The molecule has 1 N–H and O–H groups in total. The first-order valence-corrected chi connectivity index (χ1v) is 9.07. The molecule has 0 radical (unpaired) electrons. The molecule has 1 atom stereocenters. The monoisotopic (exact) mass is 337 g/mol. The smallest absolute Gasteiger partial charge is 0.225 e. The minimum absolute atomic E-state index is 0.00693. The largest absolute Gasteiger partial charge is 0.354 e. The summed E-state index contributed by atoms with van der Waals surface area (Å²) in [4.78, 5) is 19.0. The lowest BCUT2D eigenvalue weighted by Crippen LogP contribution is -2.43. The van der Waals surface area contributed by atoms with Crippen molar-refractivity contribution < 1.29 is 4.79 Å². The van der Waals surface area contributed by atoms with E-state index in [9.17, 15) is 4.79 Å². The summed E-state index contributed by atoms with van der Waals surface area (Å²) in [6.07, 6.45) is 6.98. The van der Waals surface area contributed by atoms with Crippen LogP contribution in [0.1, 0.15) is 36.2 Å². The fraction of sp³-hybridized carbons (Fsp3) is 0.474. The number of aromatic nitrogens is 3. The van der Waals surface area contributed by atoms with E-state index < -0.39 is 0 Å². The highest BCUT2D eigenvalue weighted by Crippen LogP contribution is 2.26. The lowest BCUT2D eigenvalue weighted by Gasteiger charge is -2.32. The highest BCUT2D eigenvalue weighted by Gasteiger charge is 2.27. The molecule has 3 heterocycles. The van der Waals surface area contributed by atoms with Crippen molar-refractivity contribution in [3.8, 4) is 0 Å². The SMILES string of the molecule is O=C(NCc1ccccn1)[C@H]1CCCN(c2cc3c(nn2)CCC3)C1. The average molecular weight is 337 g/mol. The number of piperidine rings is 1. The van der Waals surface area contributed by atoms with E-state index in [0.29, 0.717) is 13.1 Å². The van der Waals surface area contributed by atoms with Gasteiger partial charge in [0.15, 0.2) is 5.82 Å². The van der Waals surface area contributed by atoms with Crippen LogP contribution in [0.25, 0.3) is 0 Å². The molecule has 0 unspecified atom stereocenters. The van der Waals surface area contributed by atoms with E-state index in [-0.39, 0.29) is 11.8 Å². The maximum Gasteiger partial charge on any atom is 0.225 e. The van der Waals surface area contributed by atoms with Crippen LogP contribution in [0.15, 0.2) is 30.5 Å². The van der Waals surface area contributed by atoms with Gasteiger partial charge in [-0.1, -0.05) is 6.07 Å². The maximum absolute atomic E-state index is 12.5. The van der Waals surface area contributed by atoms with Gasteiger partial charge < -0.3 is 10.2 Å². The zero-order valence-corrected chi connectivity index (χ0v) is 14.3. The van der Waals surface area contributed by atoms with Crippen LogP contribution < -0.4 is 10.2 Å². The average Bonchev–Trinajstić information content (AvgIpc) is 3.15. The zero-order chi connectivity index (χ0) is 17.1. The fourth-order valence-corrected chi connectivity index (χ4v) is 3.70. The van der Waals surface area contributed by atoms with Crippen LogP contribution in [0.5, 0.6) is 0 Å². The standard InChI is InChI=1S/C19H23N5O/c25-19(21-12-16-7-1-2-9-20-16)15-6-4-10-24(13-15)18-11-14-5-3-8-17(14)22-23-18/h1-2,7,9,11,15H,3-6,8,10,12-13H2,(H,21,25)/t15-/m0/s1. The summed E-state index contributed by atoms with van der Waals surface area (Å²) in [5.74, 6) is 1.01. The summed E-state index contributed by atoms with van der Waals surface area (Å²) in [5.41, 5.74) is 3.35. The molecule has 1 aliphatic carbocycles. The third kappa shape index (κ3) is 3.62. The number of nitrogens with one attached hydrogen (secondary N) is 1. The highest BCUT2D eigenvalue weighted by atomic mass is 16.1. The van der Waals surface area contributed by atoms with E-state index in [1.165, 1.54) is 12.0 Å². The quantitative estimate of drug-likeness (QED) is 0.922. The molecule has 6 nitrogen and oxygen atoms in total. The lowest BCUT2D eigenvalue weighted by atomic mass is 9.97. The van der Waals surface area contributed by atoms with E-state index >= 15 is 0 Å². The van der Waals surface area contributed by atoms with Gasteiger partial charge in [-0.25, -0.2) is 0 Å². The third-order valence-electron chi connectivity index (χ3n) is 5.09. The molecule has 1 amide bonds. The van der Waals surface area contributed by atoms with Crippen molar-refractivity contribution in [2.75, 3.05) is 18.0 Å².